The zero-order chi connectivity index (χ0) is 13.3. The van der Waals surface area contributed by atoms with Crippen molar-refractivity contribution in [2.45, 2.75) is 45.6 Å². The average molecular weight is 280 g/mol. The maximum Gasteiger partial charge on any atom is 0.0897 e. The quantitative estimate of drug-likeness (QED) is 0.901. The fourth-order valence-electron chi connectivity index (χ4n) is 3.45. The summed E-state index contributed by atoms with van der Waals surface area (Å²) in [5, 5.41) is 13.2. The van der Waals surface area contributed by atoms with Crippen LogP contribution in [0.1, 0.15) is 42.8 Å². The Morgan fingerprint density at radius 1 is 1.53 bits per heavy atom. The van der Waals surface area contributed by atoms with E-state index in [1.807, 2.05) is 0 Å². The summed E-state index contributed by atoms with van der Waals surface area (Å²) in [5.74, 6) is 0.897. The molecule has 1 atom stereocenters. The van der Waals surface area contributed by atoms with E-state index in [-0.39, 0.29) is 5.41 Å². The Morgan fingerprint density at radius 3 is 3.00 bits per heavy atom. The molecule has 1 saturated carbocycles. The van der Waals surface area contributed by atoms with Gasteiger partial charge in [0.25, 0.3) is 0 Å². The molecule has 1 unspecified atom stereocenters. The number of hydrogen-bond acceptors (Lipinski definition) is 4. The zero-order valence-corrected chi connectivity index (χ0v) is 12.6. The summed E-state index contributed by atoms with van der Waals surface area (Å²) in [5.41, 5.74) is 1.37. The highest BCUT2D eigenvalue weighted by molar-refractivity contribution is 7.09. The third kappa shape index (κ3) is 3.36. The van der Waals surface area contributed by atoms with E-state index in [9.17, 15) is 5.11 Å². The minimum absolute atomic E-state index is 0.171. The smallest absolute Gasteiger partial charge is 0.0897 e. The first-order chi connectivity index (χ1) is 9.19. The molecule has 2 fully saturated rings. The molecule has 1 N–H and O–H groups in total. The van der Waals surface area contributed by atoms with Crippen LogP contribution in [0.3, 0.4) is 0 Å². The molecule has 1 saturated heterocycles. The van der Waals surface area contributed by atoms with E-state index < -0.39 is 0 Å². The van der Waals surface area contributed by atoms with Crippen molar-refractivity contribution >= 4 is 11.3 Å². The van der Waals surface area contributed by atoms with Gasteiger partial charge in [0.15, 0.2) is 0 Å². The van der Waals surface area contributed by atoms with E-state index in [0.29, 0.717) is 6.61 Å². The van der Waals surface area contributed by atoms with Gasteiger partial charge in [0, 0.05) is 30.5 Å². The lowest BCUT2D eigenvalue weighted by Crippen LogP contribution is -2.45. The van der Waals surface area contributed by atoms with Gasteiger partial charge in [-0.25, -0.2) is 4.98 Å². The second-order valence-corrected chi connectivity index (χ2v) is 7.54. The van der Waals surface area contributed by atoms with Crippen LogP contribution < -0.4 is 0 Å². The fraction of sp³-hybridized carbons (Fsp3) is 0.800. The van der Waals surface area contributed by atoms with E-state index in [2.05, 4.69) is 22.2 Å². The fourth-order valence-corrected chi connectivity index (χ4v) is 4.05. The summed E-state index contributed by atoms with van der Waals surface area (Å²) in [6.07, 6.45) is 6.42. The van der Waals surface area contributed by atoms with Crippen LogP contribution in [0, 0.1) is 18.3 Å². The molecule has 2 aliphatic rings. The molecule has 1 aromatic rings. The Labute approximate surface area is 119 Å². The molecule has 1 aromatic heterocycles. The number of aliphatic hydroxyl groups excluding tert-OH is 1. The van der Waals surface area contributed by atoms with Gasteiger partial charge in [-0.2, -0.15) is 0 Å². The lowest BCUT2D eigenvalue weighted by atomic mass is 9.76. The minimum Gasteiger partial charge on any atom is -0.396 e. The van der Waals surface area contributed by atoms with E-state index in [1.165, 1.54) is 37.8 Å². The van der Waals surface area contributed by atoms with Gasteiger partial charge >= 0.3 is 0 Å². The molecule has 4 heteroatoms. The van der Waals surface area contributed by atoms with E-state index >= 15 is 0 Å². The average Bonchev–Trinajstić information content (AvgIpc) is 3.11. The topological polar surface area (TPSA) is 36.4 Å². The molecule has 0 aromatic carbocycles. The van der Waals surface area contributed by atoms with Crippen molar-refractivity contribution in [3.05, 3.63) is 16.1 Å². The standard InChI is InChI=1S/C15H24N2OS/c1-12-16-14(9-19-12)8-17-6-2-5-15(10-17,11-18)7-13-3-4-13/h9,13,18H,2-8,10-11H2,1H3. The van der Waals surface area contributed by atoms with E-state index in [4.69, 9.17) is 0 Å². The van der Waals surface area contributed by atoms with Gasteiger partial charge in [0.05, 0.1) is 10.7 Å². The first kappa shape index (κ1) is 13.5. The number of thiazole rings is 1. The van der Waals surface area contributed by atoms with Crippen LogP contribution in [0.15, 0.2) is 5.38 Å². The van der Waals surface area contributed by atoms with Gasteiger partial charge in [0.1, 0.15) is 0 Å². The second-order valence-electron chi connectivity index (χ2n) is 6.48. The SMILES string of the molecule is Cc1nc(CN2CCCC(CO)(CC3CC3)C2)cs1. The molecule has 0 bridgehead atoms. The lowest BCUT2D eigenvalue weighted by molar-refractivity contribution is 0.0176. The molecule has 2 heterocycles. The molecule has 0 radical (unpaired) electrons. The van der Waals surface area contributed by atoms with Crippen LogP contribution in [-0.2, 0) is 6.54 Å². The van der Waals surface area contributed by atoms with Crippen LogP contribution in [0.4, 0.5) is 0 Å². The first-order valence-corrected chi connectivity index (χ1v) is 8.31. The highest BCUT2D eigenvalue weighted by Crippen LogP contribution is 2.44. The molecule has 106 valence electrons. The number of nitrogens with zero attached hydrogens (tertiary/aromatic N) is 2. The summed E-state index contributed by atoms with van der Waals surface area (Å²) in [7, 11) is 0. The van der Waals surface area contributed by atoms with Gasteiger partial charge in [-0.3, -0.25) is 4.90 Å². The summed E-state index contributed by atoms with van der Waals surface area (Å²) in [6.45, 7) is 5.59. The largest absolute Gasteiger partial charge is 0.396 e. The Morgan fingerprint density at radius 2 is 2.37 bits per heavy atom. The maximum atomic E-state index is 9.87. The second kappa shape index (κ2) is 5.51. The minimum atomic E-state index is 0.171. The summed E-state index contributed by atoms with van der Waals surface area (Å²) < 4.78 is 0. The number of likely N-dealkylation sites (tertiary alicyclic amines) is 1. The zero-order valence-electron chi connectivity index (χ0n) is 11.8. The van der Waals surface area contributed by atoms with Gasteiger partial charge in [0.2, 0.25) is 0 Å². The lowest BCUT2D eigenvalue weighted by Gasteiger charge is -2.42. The number of aryl methyl sites for hydroxylation is 1. The van der Waals surface area contributed by atoms with Crippen molar-refractivity contribution in [3.8, 4) is 0 Å². The van der Waals surface area contributed by atoms with Crippen LogP contribution in [0.5, 0.6) is 0 Å². The molecular formula is C15H24N2OS. The van der Waals surface area contributed by atoms with Gasteiger partial charge in [-0.05, 0) is 38.6 Å². The van der Waals surface area contributed by atoms with Gasteiger partial charge in [-0.1, -0.05) is 12.8 Å². The third-order valence-corrected chi connectivity index (χ3v) is 5.37. The molecule has 19 heavy (non-hydrogen) atoms. The predicted octanol–water partition coefficient (Wildman–Crippen LogP) is 2.83. The molecule has 0 spiro atoms. The van der Waals surface area contributed by atoms with Crippen molar-refractivity contribution in [1.82, 2.24) is 9.88 Å². The number of aromatic nitrogens is 1. The van der Waals surface area contributed by atoms with Crippen molar-refractivity contribution in [2.75, 3.05) is 19.7 Å². The molecule has 1 aliphatic carbocycles. The number of rotatable bonds is 5. The predicted molar refractivity (Wildman–Crippen MR) is 78.2 cm³/mol. The van der Waals surface area contributed by atoms with Gasteiger partial charge in [-0.15, -0.1) is 11.3 Å². The first-order valence-electron chi connectivity index (χ1n) is 7.43. The number of aliphatic hydroxyl groups is 1. The molecule has 3 nitrogen and oxygen atoms in total. The monoisotopic (exact) mass is 280 g/mol. The Bertz CT molecular complexity index is 430. The Balaban J connectivity index is 1.62. The molecule has 3 rings (SSSR count). The number of piperidine rings is 1. The highest BCUT2D eigenvalue weighted by Gasteiger charge is 2.39. The van der Waals surface area contributed by atoms with Crippen molar-refractivity contribution < 1.29 is 5.11 Å². The molecule has 0 amide bonds. The van der Waals surface area contributed by atoms with E-state index in [1.54, 1.807) is 11.3 Å². The van der Waals surface area contributed by atoms with Crippen LogP contribution in [0.25, 0.3) is 0 Å². The maximum absolute atomic E-state index is 9.87. The van der Waals surface area contributed by atoms with Crippen LogP contribution >= 0.6 is 11.3 Å². The van der Waals surface area contributed by atoms with Crippen LogP contribution in [-0.4, -0.2) is 34.7 Å². The van der Waals surface area contributed by atoms with Crippen molar-refractivity contribution in [2.24, 2.45) is 11.3 Å². The van der Waals surface area contributed by atoms with Crippen LogP contribution in [0.2, 0.25) is 0 Å². The summed E-state index contributed by atoms with van der Waals surface area (Å²) in [6, 6.07) is 0. The van der Waals surface area contributed by atoms with Crippen molar-refractivity contribution in [1.29, 1.82) is 0 Å². The summed E-state index contributed by atoms with van der Waals surface area (Å²) >= 11 is 1.73. The highest BCUT2D eigenvalue weighted by atomic mass is 32.1. The molecular weight excluding hydrogens is 256 g/mol. The normalized spacial score (nSPS) is 28.7. The van der Waals surface area contributed by atoms with Crippen molar-refractivity contribution in [3.63, 3.8) is 0 Å². The molecule has 1 aliphatic heterocycles. The third-order valence-electron chi connectivity index (χ3n) is 4.55. The summed E-state index contributed by atoms with van der Waals surface area (Å²) in [4.78, 5) is 7.06. The Kier molecular flexibility index (Phi) is 3.92. The number of hydrogen-bond donors (Lipinski definition) is 1. The van der Waals surface area contributed by atoms with E-state index in [0.717, 1.165) is 30.6 Å². The van der Waals surface area contributed by atoms with Gasteiger partial charge < -0.3 is 5.11 Å². The Hall–Kier alpha value is -0.450.